The highest BCUT2D eigenvalue weighted by Gasteiger charge is 2.47. The first-order valence-electron chi connectivity index (χ1n) is 6.14. The van der Waals surface area contributed by atoms with Crippen molar-refractivity contribution in [1.82, 2.24) is 0 Å². The number of hydrogen-bond donors (Lipinski definition) is 1. The molecule has 3 rings (SSSR count). The largest absolute Gasteiger partial charge is 0.458 e. The topological polar surface area (TPSA) is 42.6 Å². The molecule has 1 N–H and O–H groups in total. The van der Waals surface area contributed by atoms with E-state index in [2.05, 4.69) is 0 Å². The Morgan fingerprint density at radius 3 is 2.94 bits per heavy atom. The van der Waals surface area contributed by atoms with Crippen LogP contribution in [-0.4, -0.2) is 17.8 Å². The second-order valence-corrected chi connectivity index (χ2v) is 5.25. The van der Waals surface area contributed by atoms with Crippen LogP contribution in [0.1, 0.15) is 25.5 Å². The smallest absolute Gasteiger partial charge is 0.137 e. The molecule has 96 valence electrons. The molecule has 0 aliphatic heterocycles. The second kappa shape index (κ2) is 4.26. The van der Waals surface area contributed by atoms with Gasteiger partial charge in [0, 0.05) is 29.9 Å². The van der Waals surface area contributed by atoms with Gasteiger partial charge in [-0.15, -0.1) is 0 Å². The molecule has 0 spiro atoms. The summed E-state index contributed by atoms with van der Waals surface area (Å²) < 4.78 is 11.2. The number of ether oxygens (including phenoxy) is 1. The Morgan fingerprint density at radius 1 is 1.44 bits per heavy atom. The number of benzene rings is 1. The molecule has 4 heteroatoms. The van der Waals surface area contributed by atoms with Crippen LogP contribution in [-0.2, 0) is 10.3 Å². The number of rotatable bonds is 3. The van der Waals surface area contributed by atoms with Crippen LogP contribution in [0.2, 0.25) is 5.02 Å². The van der Waals surface area contributed by atoms with Crippen molar-refractivity contribution in [2.45, 2.75) is 31.5 Å². The predicted molar refractivity (Wildman–Crippen MR) is 69.8 cm³/mol. The Bertz CT molecular complexity index is 569. The van der Waals surface area contributed by atoms with Crippen molar-refractivity contribution in [2.75, 3.05) is 6.61 Å². The Hall–Kier alpha value is -1.03. The highest BCUT2D eigenvalue weighted by Crippen LogP contribution is 2.44. The number of aliphatic hydroxyl groups is 1. The summed E-state index contributed by atoms with van der Waals surface area (Å²) in [7, 11) is 0. The van der Waals surface area contributed by atoms with Gasteiger partial charge < -0.3 is 14.3 Å². The third-order valence-electron chi connectivity index (χ3n) is 3.47. The van der Waals surface area contributed by atoms with Crippen molar-refractivity contribution in [3.05, 3.63) is 35.0 Å². The van der Waals surface area contributed by atoms with Crippen LogP contribution in [0.5, 0.6) is 0 Å². The van der Waals surface area contributed by atoms with Gasteiger partial charge in [-0.25, -0.2) is 0 Å². The SMILES string of the molecule is CCOC1CC(O)(c2cc3cc(Cl)ccc3o2)C1. The number of furan rings is 1. The molecule has 3 nitrogen and oxygen atoms in total. The maximum Gasteiger partial charge on any atom is 0.137 e. The number of halogens is 1. The Balaban J connectivity index is 1.87. The maximum absolute atomic E-state index is 10.4. The van der Waals surface area contributed by atoms with Crippen molar-refractivity contribution in [3.63, 3.8) is 0 Å². The zero-order valence-corrected chi connectivity index (χ0v) is 10.9. The van der Waals surface area contributed by atoms with Gasteiger partial charge in [-0.3, -0.25) is 0 Å². The summed E-state index contributed by atoms with van der Waals surface area (Å²) in [6.45, 7) is 2.64. The Labute approximate surface area is 110 Å². The monoisotopic (exact) mass is 266 g/mol. The lowest BCUT2D eigenvalue weighted by Crippen LogP contribution is -2.45. The quantitative estimate of drug-likeness (QED) is 0.925. The molecule has 0 saturated heterocycles. The lowest BCUT2D eigenvalue weighted by atomic mass is 9.75. The highest BCUT2D eigenvalue weighted by molar-refractivity contribution is 6.31. The molecular weight excluding hydrogens is 252 g/mol. The van der Waals surface area contributed by atoms with Gasteiger partial charge in [0.25, 0.3) is 0 Å². The lowest BCUT2D eigenvalue weighted by molar-refractivity contribution is -0.151. The van der Waals surface area contributed by atoms with Crippen LogP contribution in [0.25, 0.3) is 11.0 Å². The molecule has 1 aliphatic carbocycles. The number of fused-ring (bicyclic) bond motifs is 1. The van der Waals surface area contributed by atoms with E-state index in [4.69, 9.17) is 20.8 Å². The average Bonchev–Trinajstić information content (AvgIpc) is 2.70. The first-order chi connectivity index (χ1) is 8.60. The van der Waals surface area contributed by atoms with Crippen molar-refractivity contribution >= 4 is 22.6 Å². The van der Waals surface area contributed by atoms with Crippen LogP contribution >= 0.6 is 11.6 Å². The lowest BCUT2D eigenvalue weighted by Gasteiger charge is -2.41. The molecule has 1 aliphatic rings. The van der Waals surface area contributed by atoms with E-state index in [9.17, 15) is 5.11 Å². The van der Waals surface area contributed by atoms with E-state index < -0.39 is 5.60 Å². The fourth-order valence-electron chi connectivity index (χ4n) is 2.49. The molecule has 0 bridgehead atoms. The standard InChI is InChI=1S/C14H15ClO3/c1-2-17-11-7-14(16,8-11)13-6-9-5-10(15)3-4-12(9)18-13/h3-6,11,16H,2,7-8H2,1H3. The molecule has 0 unspecified atom stereocenters. The summed E-state index contributed by atoms with van der Waals surface area (Å²) in [6, 6.07) is 7.31. The maximum atomic E-state index is 10.4. The van der Waals surface area contributed by atoms with Crippen molar-refractivity contribution < 1.29 is 14.3 Å². The molecule has 0 radical (unpaired) electrons. The summed E-state index contributed by atoms with van der Waals surface area (Å²) in [5.74, 6) is 0.607. The van der Waals surface area contributed by atoms with E-state index >= 15 is 0 Å². The van der Waals surface area contributed by atoms with Gasteiger partial charge in [-0.2, -0.15) is 0 Å². The van der Waals surface area contributed by atoms with Crippen LogP contribution in [0, 0.1) is 0 Å². The molecule has 0 atom stereocenters. The first kappa shape index (κ1) is 12.0. The van der Waals surface area contributed by atoms with E-state index in [1.165, 1.54) is 0 Å². The fraction of sp³-hybridized carbons (Fsp3) is 0.429. The Kier molecular flexibility index (Phi) is 2.85. The summed E-state index contributed by atoms with van der Waals surface area (Å²) in [4.78, 5) is 0. The van der Waals surface area contributed by atoms with Crippen molar-refractivity contribution in [2.24, 2.45) is 0 Å². The third kappa shape index (κ3) is 1.92. The molecule has 1 saturated carbocycles. The van der Waals surface area contributed by atoms with Gasteiger partial charge >= 0.3 is 0 Å². The zero-order chi connectivity index (χ0) is 12.8. The molecule has 0 amide bonds. The third-order valence-corrected chi connectivity index (χ3v) is 3.71. The van der Waals surface area contributed by atoms with Gasteiger partial charge in [0.15, 0.2) is 0 Å². The van der Waals surface area contributed by atoms with Crippen molar-refractivity contribution in [3.8, 4) is 0 Å². The molecule has 2 aromatic rings. The summed E-state index contributed by atoms with van der Waals surface area (Å²) >= 11 is 5.93. The molecule has 1 fully saturated rings. The predicted octanol–water partition coefficient (Wildman–Crippen LogP) is 3.47. The summed E-state index contributed by atoms with van der Waals surface area (Å²) in [6.07, 6.45) is 1.32. The van der Waals surface area contributed by atoms with E-state index in [0.29, 0.717) is 30.2 Å². The van der Waals surface area contributed by atoms with Crippen molar-refractivity contribution in [1.29, 1.82) is 0 Å². The summed E-state index contributed by atoms with van der Waals surface area (Å²) in [5, 5.41) is 12.0. The minimum Gasteiger partial charge on any atom is -0.458 e. The number of hydrogen-bond acceptors (Lipinski definition) is 3. The highest BCUT2D eigenvalue weighted by atomic mass is 35.5. The zero-order valence-electron chi connectivity index (χ0n) is 10.1. The molecule has 1 aromatic heterocycles. The normalized spacial score (nSPS) is 27.4. The van der Waals surface area contributed by atoms with Gasteiger partial charge in [0.1, 0.15) is 16.9 Å². The molecule has 18 heavy (non-hydrogen) atoms. The van der Waals surface area contributed by atoms with E-state index in [-0.39, 0.29) is 6.10 Å². The molecular formula is C14H15ClO3. The van der Waals surface area contributed by atoms with Crippen LogP contribution < -0.4 is 0 Å². The minimum atomic E-state index is -0.884. The molecule has 1 heterocycles. The van der Waals surface area contributed by atoms with Crippen LogP contribution in [0.4, 0.5) is 0 Å². The van der Waals surface area contributed by atoms with Gasteiger partial charge in [0.05, 0.1) is 6.10 Å². The fourth-order valence-corrected chi connectivity index (χ4v) is 2.67. The first-order valence-corrected chi connectivity index (χ1v) is 6.52. The van der Waals surface area contributed by atoms with E-state index in [1.54, 1.807) is 6.07 Å². The van der Waals surface area contributed by atoms with Gasteiger partial charge in [0.2, 0.25) is 0 Å². The second-order valence-electron chi connectivity index (χ2n) is 4.81. The molecule has 1 aromatic carbocycles. The van der Waals surface area contributed by atoms with E-state index in [0.717, 1.165) is 11.0 Å². The van der Waals surface area contributed by atoms with Gasteiger partial charge in [-0.1, -0.05) is 11.6 Å². The van der Waals surface area contributed by atoms with E-state index in [1.807, 2.05) is 25.1 Å². The minimum absolute atomic E-state index is 0.136. The van der Waals surface area contributed by atoms with Gasteiger partial charge in [-0.05, 0) is 31.2 Å². The summed E-state index contributed by atoms with van der Waals surface area (Å²) in [5.41, 5.74) is -0.131. The van der Waals surface area contributed by atoms with Crippen LogP contribution in [0.15, 0.2) is 28.7 Å². The van der Waals surface area contributed by atoms with Crippen LogP contribution in [0.3, 0.4) is 0 Å². The Morgan fingerprint density at radius 2 is 2.22 bits per heavy atom. The average molecular weight is 267 g/mol.